The topological polar surface area (TPSA) is 178 Å². The molecule has 0 aliphatic carbocycles. The highest BCUT2D eigenvalue weighted by molar-refractivity contribution is 6.29. The average molecular weight is 743 g/mol. The van der Waals surface area contributed by atoms with Gasteiger partial charge in [0, 0.05) is 55.8 Å². The van der Waals surface area contributed by atoms with Crippen LogP contribution in [-0.4, -0.2) is 106 Å². The molecule has 5 aromatic rings. The van der Waals surface area contributed by atoms with Crippen molar-refractivity contribution in [3.05, 3.63) is 66.2 Å². The number of rotatable bonds is 14. The van der Waals surface area contributed by atoms with Gasteiger partial charge < -0.3 is 33.9 Å². The number of carbonyl (C=O) groups is 3. The highest BCUT2D eigenvalue weighted by Gasteiger charge is 2.25. The number of hydrogen-bond acceptors (Lipinski definition) is 11. The highest BCUT2D eigenvalue weighted by atomic mass is 35.5. The van der Waals surface area contributed by atoms with Gasteiger partial charge in [0.2, 0.25) is 17.6 Å². The lowest BCUT2D eigenvalue weighted by Crippen LogP contribution is -2.42. The van der Waals surface area contributed by atoms with Crippen LogP contribution < -0.4 is 19.7 Å². The number of H-pyrrole nitrogens is 1. The summed E-state index contributed by atoms with van der Waals surface area (Å²) in [5.74, 6) is 1.93. The predicted octanol–water partition coefficient (Wildman–Crippen LogP) is 4.16. The monoisotopic (exact) mass is 742 g/mol. The van der Waals surface area contributed by atoms with E-state index < -0.39 is 0 Å². The normalized spacial score (nSPS) is 14.6. The Bertz CT molecular complexity index is 2050. The first-order chi connectivity index (χ1) is 25.9. The van der Waals surface area contributed by atoms with Crippen molar-refractivity contribution in [3.8, 4) is 34.2 Å². The van der Waals surface area contributed by atoms with Crippen molar-refractivity contribution in [2.24, 2.45) is 0 Å². The molecule has 0 radical (unpaired) electrons. The Balaban J connectivity index is 0.787. The number of ether oxygens (including phenoxy) is 3. The van der Waals surface area contributed by atoms with E-state index in [2.05, 4.69) is 31.1 Å². The molecule has 0 bridgehead atoms. The van der Waals surface area contributed by atoms with E-state index in [0.29, 0.717) is 67.6 Å². The van der Waals surface area contributed by atoms with E-state index in [1.807, 2.05) is 59.5 Å². The van der Waals surface area contributed by atoms with E-state index in [4.69, 9.17) is 30.3 Å². The van der Waals surface area contributed by atoms with Crippen LogP contribution in [-0.2, 0) is 25.5 Å². The van der Waals surface area contributed by atoms with E-state index in [1.54, 1.807) is 11.0 Å². The van der Waals surface area contributed by atoms with Gasteiger partial charge in [0.25, 0.3) is 5.91 Å². The molecule has 3 aromatic carbocycles. The number of carbonyl (C=O) groups excluding carboxylic acids is 3. The highest BCUT2D eigenvalue weighted by Crippen LogP contribution is 2.34. The quantitative estimate of drug-likeness (QED) is 0.123. The number of likely N-dealkylation sites (tertiary alicyclic amines) is 1. The molecule has 2 aliphatic rings. The van der Waals surface area contributed by atoms with Crippen molar-refractivity contribution in [1.82, 2.24) is 36.0 Å². The lowest BCUT2D eigenvalue weighted by molar-refractivity contribution is -0.134. The maximum Gasteiger partial charge on any atom is 0.258 e. The molecule has 15 nitrogen and oxygen atoms in total. The molecular weight excluding hydrogens is 704 g/mol. The Morgan fingerprint density at radius 3 is 2.68 bits per heavy atom. The number of benzene rings is 3. The predicted molar refractivity (Wildman–Crippen MR) is 195 cm³/mol. The van der Waals surface area contributed by atoms with E-state index in [-0.39, 0.29) is 55.9 Å². The van der Waals surface area contributed by atoms with Gasteiger partial charge in [-0.25, -0.2) is 0 Å². The van der Waals surface area contributed by atoms with E-state index in [9.17, 15) is 14.4 Å². The van der Waals surface area contributed by atoms with Crippen LogP contribution in [0.1, 0.15) is 31.2 Å². The first-order valence-electron chi connectivity index (χ1n) is 17.6. The fraction of sp³-hybridized carbons (Fsp3) is 0.378. The molecule has 1 saturated heterocycles. The number of alkyl halides is 1. The summed E-state index contributed by atoms with van der Waals surface area (Å²) in [5, 5.41) is 22.0. The largest absolute Gasteiger partial charge is 0.490 e. The molecule has 0 atom stereocenters. The zero-order valence-electron chi connectivity index (χ0n) is 29.0. The van der Waals surface area contributed by atoms with E-state index in [0.717, 1.165) is 40.6 Å². The molecule has 276 valence electrons. The molecule has 1 fully saturated rings. The fourth-order valence-corrected chi connectivity index (χ4v) is 6.72. The van der Waals surface area contributed by atoms with E-state index in [1.165, 1.54) is 0 Å². The number of anilines is 1. The Morgan fingerprint density at radius 1 is 0.962 bits per heavy atom. The summed E-state index contributed by atoms with van der Waals surface area (Å²) >= 11 is 5.75. The van der Waals surface area contributed by atoms with Gasteiger partial charge in [-0.15, -0.1) is 21.8 Å². The molecule has 2 aliphatic heterocycles. The Morgan fingerprint density at radius 2 is 1.85 bits per heavy atom. The van der Waals surface area contributed by atoms with Crippen LogP contribution in [0.25, 0.3) is 33.6 Å². The van der Waals surface area contributed by atoms with Gasteiger partial charge in [-0.3, -0.25) is 14.4 Å². The summed E-state index contributed by atoms with van der Waals surface area (Å²) in [4.78, 5) is 40.8. The number of aromatic amines is 1. The number of aryl methyl sites for hydroxylation is 1. The maximum absolute atomic E-state index is 12.8. The first-order valence-corrected chi connectivity index (χ1v) is 18.1. The van der Waals surface area contributed by atoms with Gasteiger partial charge in [-0.05, 0) is 72.1 Å². The van der Waals surface area contributed by atoms with Crippen molar-refractivity contribution in [2.75, 3.05) is 56.8 Å². The minimum Gasteiger partial charge on any atom is -0.490 e. The summed E-state index contributed by atoms with van der Waals surface area (Å²) in [6.07, 6.45) is 3.32. The molecule has 2 N–H and O–H groups in total. The third-order valence-electron chi connectivity index (χ3n) is 9.26. The molecule has 0 saturated carbocycles. The molecule has 0 unspecified atom stereocenters. The van der Waals surface area contributed by atoms with Crippen molar-refractivity contribution in [3.63, 3.8) is 0 Å². The molecule has 16 heteroatoms. The van der Waals surface area contributed by atoms with Crippen LogP contribution in [0.3, 0.4) is 0 Å². The Kier molecular flexibility index (Phi) is 11.4. The van der Waals surface area contributed by atoms with Gasteiger partial charge in [-0.1, -0.05) is 17.3 Å². The van der Waals surface area contributed by atoms with Gasteiger partial charge in [-0.2, -0.15) is 5.21 Å². The standard InChI is InChI=1S/C37H39ClN8O7/c38-22-35(49)46-14-2-4-24-19-28(7-9-32(24)46)51-23-33(47)39-13-18-50-17-12-34(48)45-15-10-27(11-16-45)52-29-5-1-3-25(20-29)36-30-21-26(37-40-43-44-41-37)6-8-31(30)42-53-36/h1,3,5-9,19-21,27H,2,4,10-18,22-23H2,(H,39,47)(H,40,41,43,44). The van der Waals surface area contributed by atoms with Crippen molar-refractivity contribution >= 4 is 45.9 Å². The number of nitrogens with zero attached hydrogens (tertiary/aromatic N) is 6. The second-order valence-corrected chi connectivity index (χ2v) is 13.0. The number of aromatic nitrogens is 5. The SMILES string of the molecule is O=C(COc1ccc2c(c1)CCCN2C(=O)CCl)NCCOCCC(=O)N1CCC(Oc2cccc(-c3onc4ccc(-c5nn[nH]n5)cc34)c2)CC1. The molecule has 2 aromatic heterocycles. The zero-order valence-corrected chi connectivity index (χ0v) is 29.7. The third-order valence-corrected chi connectivity index (χ3v) is 9.49. The second kappa shape index (κ2) is 16.9. The molecule has 53 heavy (non-hydrogen) atoms. The maximum atomic E-state index is 12.8. The van der Waals surface area contributed by atoms with Gasteiger partial charge in [0.05, 0.1) is 25.0 Å². The average Bonchev–Trinajstić information content (AvgIpc) is 3.89. The second-order valence-electron chi connectivity index (χ2n) is 12.8. The summed E-state index contributed by atoms with van der Waals surface area (Å²) in [5.41, 5.74) is 4.17. The van der Waals surface area contributed by atoms with Crippen molar-refractivity contribution in [1.29, 1.82) is 0 Å². The molecule has 0 spiro atoms. The Hall–Kier alpha value is -5.54. The van der Waals surface area contributed by atoms with Crippen LogP contribution in [0.4, 0.5) is 5.69 Å². The minimum absolute atomic E-state index is 0.0282. The third kappa shape index (κ3) is 8.75. The summed E-state index contributed by atoms with van der Waals surface area (Å²) in [7, 11) is 0. The molecule has 3 amide bonds. The van der Waals surface area contributed by atoms with Crippen LogP contribution >= 0.6 is 11.6 Å². The van der Waals surface area contributed by atoms with Crippen molar-refractivity contribution < 1.29 is 33.1 Å². The Labute approximate surface area is 309 Å². The van der Waals surface area contributed by atoms with Crippen LogP contribution in [0, 0.1) is 0 Å². The number of tetrazole rings is 1. The van der Waals surface area contributed by atoms with Crippen LogP contribution in [0.2, 0.25) is 0 Å². The number of piperidine rings is 1. The van der Waals surface area contributed by atoms with Crippen LogP contribution in [0.15, 0.2) is 65.2 Å². The van der Waals surface area contributed by atoms with Crippen molar-refractivity contribution in [2.45, 2.75) is 38.2 Å². The lowest BCUT2D eigenvalue weighted by atomic mass is 10.0. The smallest absolute Gasteiger partial charge is 0.258 e. The number of amides is 3. The number of halogens is 1. The summed E-state index contributed by atoms with van der Waals surface area (Å²) < 4.78 is 23.3. The minimum atomic E-state index is -0.278. The molecule has 7 rings (SSSR count). The lowest BCUT2D eigenvalue weighted by Gasteiger charge is -2.32. The first kappa shape index (κ1) is 35.8. The van der Waals surface area contributed by atoms with Gasteiger partial charge >= 0.3 is 0 Å². The van der Waals surface area contributed by atoms with Gasteiger partial charge in [0.1, 0.15) is 29.0 Å². The number of fused-ring (bicyclic) bond motifs is 2. The fourth-order valence-electron chi connectivity index (χ4n) is 6.58. The summed E-state index contributed by atoms with van der Waals surface area (Å²) in [6, 6.07) is 18.8. The van der Waals surface area contributed by atoms with Gasteiger partial charge in [0.15, 0.2) is 12.4 Å². The molecule has 4 heterocycles. The number of hydrogen-bond donors (Lipinski definition) is 2. The van der Waals surface area contributed by atoms with E-state index >= 15 is 0 Å². The number of nitrogens with one attached hydrogen (secondary N) is 2. The zero-order chi connectivity index (χ0) is 36.6. The molecular formula is C37H39ClN8O7. The summed E-state index contributed by atoms with van der Waals surface area (Å²) in [6.45, 7) is 2.53. The van der Waals surface area contributed by atoms with Crippen LogP contribution in [0.5, 0.6) is 11.5 Å².